The van der Waals surface area contributed by atoms with E-state index in [2.05, 4.69) is 10.3 Å². The van der Waals surface area contributed by atoms with Crippen LogP contribution in [0.3, 0.4) is 0 Å². The van der Waals surface area contributed by atoms with Crippen molar-refractivity contribution in [2.75, 3.05) is 31.6 Å². The molecule has 3 aromatic rings. The van der Waals surface area contributed by atoms with Gasteiger partial charge >= 0.3 is 0 Å². The number of carbonyl (C=O) groups is 1. The first-order valence-corrected chi connectivity index (χ1v) is 9.39. The summed E-state index contributed by atoms with van der Waals surface area (Å²) in [6.45, 7) is 3.93. The van der Waals surface area contributed by atoms with Gasteiger partial charge in [-0.15, -0.1) is 0 Å². The predicted molar refractivity (Wildman–Crippen MR) is 108 cm³/mol. The summed E-state index contributed by atoms with van der Waals surface area (Å²) in [5.41, 5.74) is 3.16. The van der Waals surface area contributed by atoms with Crippen LogP contribution in [0.4, 0.5) is 15.8 Å². The summed E-state index contributed by atoms with van der Waals surface area (Å²) in [5.74, 6) is -0.557. The molecule has 0 unspecified atom stereocenters. The Labute approximate surface area is 167 Å². The van der Waals surface area contributed by atoms with E-state index >= 15 is 0 Å². The van der Waals surface area contributed by atoms with E-state index in [1.165, 1.54) is 18.3 Å². The summed E-state index contributed by atoms with van der Waals surface area (Å²) in [4.78, 5) is 19.2. The molecule has 1 aliphatic rings. The average Bonchev–Trinajstić information content (AvgIpc) is 2.71. The Morgan fingerprint density at radius 1 is 1.21 bits per heavy atom. The van der Waals surface area contributed by atoms with Crippen LogP contribution in [0.2, 0.25) is 5.02 Å². The molecule has 1 N–H and O–H groups in total. The Balaban J connectivity index is 1.83. The molecule has 1 aliphatic heterocycles. The topological polar surface area (TPSA) is 54.5 Å². The molecule has 2 heterocycles. The van der Waals surface area contributed by atoms with Gasteiger partial charge in [0.25, 0.3) is 5.91 Å². The van der Waals surface area contributed by atoms with Gasteiger partial charge in [0, 0.05) is 35.4 Å². The Morgan fingerprint density at radius 2 is 2.00 bits per heavy atom. The number of benzene rings is 2. The van der Waals surface area contributed by atoms with Crippen LogP contribution in [-0.4, -0.2) is 42.1 Å². The van der Waals surface area contributed by atoms with Crippen molar-refractivity contribution in [3.05, 3.63) is 64.6 Å². The summed E-state index contributed by atoms with van der Waals surface area (Å²) >= 11 is 6.25. The number of anilines is 2. The molecule has 0 bridgehead atoms. The van der Waals surface area contributed by atoms with Gasteiger partial charge in [0.1, 0.15) is 5.82 Å². The van der Waals surface area contributed by atoms with Crippen LogP contribution < -0.4 is 5.32 Å². The van der Waals surface area contributed by atoms with Gasteiger partial charge in [0.2, 0.25) is 0 Å². The van der Waals surface area contributed by atoms with Crippen LogP contribution in [-0.2, 0) is 4.74 Å². The van der Waals surface area contributed by atoms with Gasteiger partial charge in [0.15, 0.2) is 0 Å². The van der Waals surface area contributed by atoms with Gasteiger partial charge in [-0.2, -0.15) is 0 Å². The molecule has 2 aromatic carbocycles. The van der Waals surface area contributed by atoms with Crippen molar-refractivity contribution < 1.29 is 13.9 Å². The first-order valence-electron chi connectivity index (χ1n) is 9.01. The zero-order chi connectivity index (χ0) is 19.7. The van der Waals surface area contributed by atoms with E-state index in [0.29, 0.717) is 59.2 Å². The quantitative estimate of drug-likeness (QED) is 0.702. The van der Waals surface area contributed by atoms with E-state index in [4.69, 9.17) is 16.3 Å². The summed E-state index contributed by atoms with van der Waals surface area (Å²) < 4.78 is 19.3. The van der Waals surface area contributed by atoms with Gasteiger partial charge in [-0.1, -0.05) is 17.7 Å². The van der Waals surface area contributed by atoms with Crippen molar-refractivity contribution in [1.82, 2.24) is 9.88 Å². The van der Waals surface area contributed by atoms with Crippen LogP contribution >= 0.6 is 11.6 Å². The molecular weight excluding hydrogens is 381 g/mol. The highest BCUT2D eigenvalue weighted by Crippen LogP contribution is 2.32. The molecule has 28 heavy (non-hydrogen) atoms. The number of pyridine rings is 1. The molecule has 0 aliphatic carbocycles. The number of ether oxygens (including phenoxy) is 1. The maximum atomic E-state index is 14.0. The second-order valence-corrected chi connectivity index (χ2v) is 7.11. The van der Waals surface area contributed by atoms with Crippen LogP contribution in [0.1, 0.15) is 15.9 Å². The van der Waals surface area contributed by atoms with Crippen LogP contribution in [0.25, 0.3) is 10.9 Å². The Kier molecular flexibility index (Phi) is 5.15. The molecule has 7 heteroatoms. The molecule has 0 atom stereocenters. The maximum absolute atomic E-state index is 14.0. The van der Waals surface area contributed by atoms with Crippen LogP contribution in [0.5, 0.6) is 0 Å². The number of nitrogens with one attached hydrogen (secondary N) is 1. The molecule has 0 saturated carbocycles. The lowest BCUT2D eigenvalue weighted by Gasteiger charge is -2.28. The SMILES string of the molecule is Cc1ccc(Nc2c(C(=O)N3CCOCC3)cnc3ccc(F)cc23)cc1Cl. The third-order valence-corrected chi connectivity index (χ3v) is 5.21. The summed E-state index contributed by atoms with van der Waals surface area (Å²) in [6.07, 6.45) is 1.54. The molecule has 1 aromatic heterocycles. The Bertz CT molecular complexity index is 1050. The number of aryl methyl sites for hydroxylation is 1. The zero-order valence-electron chi connectivity index (χ0n) is 15.3. The highest BCUT2D eigenvalue weighted by molar-refractivity contribution is 6.31. The normalized spacial score (nSPS) is 14.3. The summed E-state index contributed by atoms with van der Waals surface area (Å²) in [6, 6.07) is 9.88. The minimum atomic E-state index is -0.393. The largest absolute Gasteiger partial charge is 0.378 e. The summed E-state index contributed by atoms with van der Waals surface area (Å²) in [5, 5.41) is 4.41. The number of aromatic nitrogens is 1. The van der Waals surface area contributed by atoms with Crippen LogP contribution in [0.15, 0.2) is 42.6 Å². The molecule has 1 saturated heterocycles. The third-order valence-electron chi connectivity index (χ3n) is 4.80. The highest BCUT2D eigenvalue weighted by atomic mass is 35.5. The van der Waals surface area contributed by atoms with Crippen molar-refractivity contribution in [1.29, 1.82) is 0 Å². The van der Waals surface area contributed by atoms with E-state index in [0.717, 1.165) is 5.56 Å². The molecular formula is C21H19ClFN3O2. The van der Waals surface area contributed by atoms with Crippen molar-refractivity contribution in [3.63, 3.8) is 0 Å². The predicted octanol–water partition coefficient (Wildman–Crippen LogP) is 4.55. The molecule has 0 spiro atoms. The second-order valence-electron chi connectivity index (χ2n) is 6.70. The highest BCUT2D eigenvalue weighted by Gasteiger charge is 2.23. The zero-order valence-corrected chi connectivity index (χ0v) is 16.1. The number of morpholine rings is 1. The summed E-state index contributed by atoms with van der Waals surface area (Å²) in [7, 11) is 0. The second kappa shape index (κ2) is 7.73. The molecule has 144 valence electrons. The Hall–Kier alpha value is -2.70. The number of hydrogen-bond donors (Lipinski definition) is 1. The van der Waals surface area contributed by atoms with Gasteiger partial charge in [0.05, 0.1) is 30.0 Å². The lowest BCUT2D eigenvalue weighted by atomic mass is 10.1. The third kappa shape index (κ3) is 3.66. The fourth-order valence-corrected chi connectivity index (χ4v) is 3.39. The van der Waals surface area contributed by atoms with E-state index in [-0.39, 0.29) is 5.91 Å². The molecule has 1 fully saturated rings. The lowest BCUT2D eigenvalue weighted by molar-refractivity contribution is 0.0303. The minimum absolute atomic E-state index is 0.164. The number of hydrogen-bond acceptors (Lipinski definition) is 4. The molecule has 5 nitrogen and oxygen atoms in total. The van der Waals surface area contributed by atoms with Gasteiger partial charge in [-0.25, -0.2) is 4.39 Å². The van der Waals surface area contributed by atoms with Gasteiger partial charge in [-0.3, -0.25) is 9.78 Å². The minimum Gasteiger partial charge on any atom is -0.378 e. The van der Waals surface area contributed by atoms with Gasteiger partial charge in [-0.05, 0) is 42.8 Å². The van der Waals surface area contributed by atoms with E-state index in [1.807, 2.05) is 19.1 Å². The van der Waals surface area contributed by atoms with Crippen molar-refractivity contribution in [2.24, 2.45) is 0 Å². The van der Waals surface area contributed by atoms with Crippen molar-refractivity contribution in [3.8, 4) is 0 Å². The number of fused-ring (bicyclic) bond motifs is 1. The first-order chi connectivity index (χ1) is 13.5. The van der Waals surface area contributed by atoms with E-state index in [9.17, 15) is 9.18 Å². The van der Waals surface area contributed by atoms with E-state index in [1.54, 1.807) is 17.0 Å². The number of rotatable bonds is 3. The monoisotopic (exact) mass is 399 g/mol. The van der Waals surface area contributed by atoms with Crippen molar-refractivity contribution in [2.45, 2.75) is 6.92 Å². The number of nitrogens with zero attached hydrogens (tertiary/aromatic N) is 2. The number of amides is 1. The number of carbonyl (C=O) groups excluding carboxylic acids is 1. The Morgan fingerprint density at radius 3 is 2.75 bits per heavy atom. The maximum Gasteiger partial charge on any atom is 0.257 e. The number of halogens is 2. The average molecular weight is 400 g/mol. The van der Waals surface area contributed by atoms with Crippen LogP contribution in [0, 0.1) is 12.7 Å². The fraction of sp³-hybridized carbons (Fsp3) is 0.238. The lowest BCUT2D eigenvalue weighted by Crippen LogP contribution is -2.41. The standard InChI is InChI=1S/C21H19ClFN3O2/c1-13-2-4-15(11-18(13)22)25-20-16-10-14(23)3-5-19(16)24-12-17(20)21(27)26-6-8-28-9-7-26/h2-5,10-12H,6-9H2,1H3,(H,24,25). The fourth-order valence-electron chi connectivity index (χ4n) is 3.21. The molecule has 4 rings (SSSR count). The van der Waals surface area contributed by atoms with E-state index < -0.39 is 5.82 Å². The first kappa shape index (κ1) is 18.7. The molecule has 1 amide bonds. The van der Waals surface area contributed by atoms with Gasteiger partial charge < -0.3 is 15.0 Å². The van der Waals surface area contributed by atoms with Crippen molar-refractivity contribution >= 4 is 39.8 Å². The molecule has 0 radical (unpaired) electrons. The smallest absolute Gasteiger partial charge is 0.257 e.